The third kappa shape index (κ3) is 2.23. The molecule has 4 heteroatoms. The molecular weight excluding hydrogens is 274 g/mol. The molecular formula is C18H23N3O. The number of hydrogen-bond acceptors (Lipinski definition) is 4. The molecule has 4 nitrogen and oxygen atoms in total. The fourth-order valence-electron chi connectivity index (χ4n) is 3.41. The lowest BCUT2D eigenvalue weighted by molar-refractivity contribution is 0.471. The minimum Gasteiger partial charge on any atom is -0.507 e. The van der Waals surface area contributed by atoms with Crippen molar-refractivity contribution in [3.8, 4) is 17.1 Å². The van der Waals surface area contributed by atoms with Gasteiger partial charge in [-0.25, -0.2) is 9.97 Å². The van der Waals surface area contributed by atoms with Crippen molar-refractivity contribution in [1.29, 1.82) is 0 Å². The van der Waals surface area contributed by atoms with Gasteiger partial charge in [-0.3, -0.25) is 0 Å². The van der Waals surface area contributed by atoms with Crippen LogP contribution in [-0.4, -0.2) is 15.1 Å². The van der Waals surface area contributed by atoms with Crippen LogP contribution >= 0.6 is 0 Å². The summed E-state index contributed by atoms with van der Waals surface area (Å²) in [5.74, 6) is 1.25. The van der Waals surface area contributed by atoms with Crippen LogP contribution in [0.1, 0.15) is 49.6 Å². The highest BCUT2D eigenvalue weighted by atomic mass is 16.3. The van der Waals surface area contributed by atoms with Gasteiger partial charge in [0.25, 0.3) is 0 Å². The fourth-order valence-corrected chi connectivity index (χ4v) is 3.41. The van der Waals surface area contributed by atoms with Crippen LogP contribution in [0.3, 0.4) is 0 Å². The molecule has 22 heavy (non-hydrogen) atoms. The lowest BCUT2D eigenvalue weighted by Gasteiger charge is -2.19. The zero-order valence-electron chi connectivity index (χ0n) is 13.7. The minimum atomic E-state index is 0.118. The van der Waals surface area contributed by atoms with Crippen LogP contribution in [0.4, 0.5) is 5.82 Å². The summed E-state index contributed by atoms with van der Waals surface area (Å²) in [7, 11) is 0. The summed E-state index contributed by atoms with van der Waals surface area (Å²) in [6.45, 7) is 8.41. The normalized spacial score (nSPS) is 15.8. The molecule has 0 atom stereocenters. The third-order valence-electron chi connectivity index (χ3n) is 4.81. The van der Waals surface area contributed by atoms with Gasteiger partial charge in [0.2, 0.25) is 0 Å². The number of anilines is 1. The van der Waals surface area contributed by atoms with Crippen LogP contribution in [0.15, 0.2) is 12.1 Å². The highest BCUT2D eigenvalue weighted by Gasteiger charge is 2.31. The average Bonchev–Trinajstić information content (AvgIpc) is 2.73. The summed E-state index contributed by atoms with van der Waals surface area (Å²) in [5, 5.41) is 10.4. The van der Waals surface area contributed by atoms with E-state index in [1.807, 2.05) is 26.0 Å². The van der Waals surface area contributed by atoms with Gasteiger partial charge in [-0.2, -0.15) is 0 Å². The van der Waals surface area contributed by atoms with Crippen molar-refractivity contribution in [3.05, 3.63) is 34.5 Å². The third-order valence-corrected chi connectivity index (χ3v) is 4.81. The van der Waals surface area contributed by atoms with E-state index >= 15 is 0 Å². The topological polar surface area (TPSA) is 72.0 Å². The number of hydrogen-bond donors (Lipinski definition) is 2. The highest BCUT2D eigenvalue weighted by molar-refractivity contribution is 5.69. The van der Waals surface area contributed by atoms with E-state index in [9.17, 15) is 5.11 Å². The molecule has 1 aromatic carbocycles. The van der Waals surface area contributed by atoms with Crippen LogP contribution in [0, 0.1) is 6.92 Å². The van der Waals surface area contributed by atoms with Gasteiger partial charge in [0.1, 0.15) is 11.6 Å². The second-order valence-electron chi connectivity index (χ2n) is 6.76. The number of benzene rings is 1. The number of rotatable bonds is 2. The first-order valence-corrected chi connectivity index (χ1v) is 7.83. The van der Waals surface area contributed by atoms with Crippen molar-refractivity contribution >= 4 is 5.82 Å². The summed E-state index contributed by atoms with van der Waals surface area (Å²) in [6, 6.07) is 3.90. The number of nitrogens with two attached hydrogens (primary N) is 1. The van der Waals surface area contributed by atoms with Gasteiger partial charge >= 0.3 is 0 Å². The highest BCUT2D eigenvalue weighted by Crippen LogP contribution is 2.43. The molecule has 116 valence electrons. The summed E-state index contributed by atoms with van der Waals surface area (Å²) < 4.78 is 0. The van der Waals surface area contributed by atoms with E-state index in [0.29, 0.717) is 17.2 Å². The van der Waals surface area contributed by atoms with Crippen LogP contribution in [0.5, 0.6) is 5.75 Å². The van der Waals surface area contributed by atoms with Crippen molar-refractivity contribution in [1.82, 2.24) is 9.97 Å². The molecule has 1 aliphatic carbocycles. The lowest BCUT2D eigenvalue weighted by atomic mass is 9.86. The molecule has 0 unspecified atom stereocenters. The van der Waals surface area contributed by atoms with E-state index in [1.165, 1.54) is 11.1 Å². The Morgan fingerprint density at radius 3 is 2.64 bits per heavy atom. The number of fused-ring (bicyclic) bond motifs is 1. The summed E-state index contributed by atoms with van der Waals surface area (Å²) >= 11 is 0. The molecule has 1 aliphatic rings. The second-order valence-corrected chi connectivity index (χ2v) is 6.76. The van der Waals surface area contributed by atoms with E-state index in [-0.39, 0.29) is 11.2 Å². The van der Waals surface area contributed by atoms with E-state index in [4.69, 9.17) is 5.73 Å². The predicted octanol–water partition coefficient (Wildman–Crippen LogP) is 3.53. The monoisotopic (exact) mass is 297 g/mol. The Hall–Kier alpha value is -2.10. The predicted molar refractivity (Wildman–Crippen MR) is 89.0 cm³/mol. The molecule has 0 radical (unpaired) electrons. The van der Waals surface area contributed by atoms with Crippen LogP contribution in [0.2, 0.25) is 0 Å². The molecule has 1 heterocycles. The van der Waals surface area contributed by atoms with Crippen molar-refractivity contribution in [2.24, 2.45) is 0 Å². The van der Waals surface area contributed by atoms with E-state index < -0.39 is 0 Å². The summed E-state index contributed by atoms with van der Waals surface area (Å²) in [4.78, 5) is 8.95. The van der Waals surface area contributed by atoms with Crippen LogP contribution in [0.25, 0.3) is 11.4 Å². The number of phenols is 1. The SMILES string of the molecule is CCc1c(C)nc(-c2cc3c(cc2O)C(C)(C)CC3)nc1N. The van der Waals surface area contributed by atoms with E-state index in [1.54, 1.807) is 0 Å². The van der Waals surface area contributed by atoms with E-state index in [0.717, 1.165) is 30.5 Å². The number of aromatic hydroxyl groups is 1. The maximum Gasteiger partial charge on any atom is 0.165 e. The van der Waals surface area contributed by atoms with E-state index in [2.05, 4.69) is 23.8 Å². The molecule has 0 saturated heterocycles. The number of aryl methyl sites for hydroxylation is 2. The van der Waals surface area contributed by atoms with Gasteiger partial charge in [0.05, 0.1) is 5.56 Å². The zero-order chi connectivity index (χ0) is 16.1. The molecule has 1 aromatic heterocycles. The van der Waals surface area contributed by atoms with Crippen LogP contribution < -0.4 is 5.73 Å². The number of phenolic OH excluding ortho intramolecular Hbond substituents is 1. The smallest absolute Gasteiger partial charge is 0.165 e. The Bertz CT molecular complexity index is 727. The van der Waals surface area contributed by atoms with Gasteiger partial charge < -0.3 is 10.8 Å². The first-order valence-electron chi connectivity index (χ1n) is 7.83. The summed E-state index contributed by atoms with van der Waals surface area (Å²) in [5.41, 5.74) is 11.2. The molecule has 0 spiro atoms. The molecule has 0 fully saturated rings. The van der Waals surface area contributed by atoms with Crippen molar-refractivity contribution in [3.63, 3.8) is 0 Å². The Kier molecular flexibility index (Phi) is 3.35. The minimum absolute atomic E-state index is 0.118. The standard InChI is InChI=1S/C18H23N3O/c1-5-12-10(2)20-17(21-16(12)19)13-8-11-6-7-18(3,4)14(11)9-15(13)22/h8-9,22H,5-7H2,1-4H3,(H2,19,20,21). The molecule has 0 saturated carbocycles. The maximum absolute atomic E-state index is 10.4. The number of nitrogens with zero attached hydrogens (tertiary/aromatic N) is 2. The number of nitrogen functional groups attached to an aromatic ring is 1. The van der Waals surface area contributed by atoms with Crippen molar-refractivity contribution in [2.45, 2.75) is 52.4 Å². The Labute approximate surface area is 131 Å². The molecule has 3 rings (SSSR count). The molecule has 0 amide bonds. The van der Waals surface area contributed by atoms with Crippen molar-refractivity contribution in [2.75, 3.05) is 5.73 Å². The fraction of sp³-hybridized carbons (Fsp3) is 0.444. The molecule has 0 bridgehead atoms. The molecule has 0 aliphatic heterocycles. The maximum atomic E-state index is 10.4. The average molecular weight is 297 g/mol. The van der Waals surface area contributed by atoms with Crippen LogP contribution in [-0.2, 0) is 18.3 Å². The Balaban J connectivity index is 2.15. The molecule has 3 N–H and O–H groups in total. The second kappa shape index (κ2) is 4.97. The molecule has 2 aromatic rings. The lowest BCUT2D eigenvalue weighted by Crippen LogP contribution is -2.11. The Morgan fingerprint density at radius 2 is 2.00 bits per heavy atom. The summed E-state index contributed by atoms with van der Waals surface area (Å²) in [6.07, 6.45) is 2.93. The first kappa shape index (κ1) is 14.8. The van der Waals surface area contributed by atoms with Gasteiger partial charge in [-0.15, -0.1) is 0 Å². The first-order chi connectivity index (χ1) is 10.3. The van der Waals surface area contributed by atoms with Gasteiger partial charge in [-0.1, -0.05) is 20.8 Å². The zero-order valence-corrected chi connectivity index (χ0v) is 13.7. The van der Waals surface area contributed by atoms with Gasteiger partial charge in [0, 0.05) is 11.3 Å². The van der Waals surface area contributed by atoms with Gasteiger partial charge in [-0.05, 0) is 54.9 Å². The Morgan fingerprint density at radius 1 is 1.27 bits per heavy atom. The quantitative estimate of drug-likeness (QED) is 0.889. The largest absolute Gasteiger partial charge is 0.507 e. The van der Waals surface area contributed by atoms with Crippen molar-refractivity contribution < 1.29 is 5.11 Å². The number of aromatic nitrogens is 2. The van der Waals surface area contributed by atoms with Gasteiger partial charge in [0.15, 0.2) is 5.82 Å².